The molecule has 0 aliphatic heterocycles. The van der Waals surface area contributed by atoms with Gasteiger partial charge in [0.2, 0.25) is 0 Å². The van der Waals surface area contributed by atoms with Gasteiger partial charge in [-0.2, -0.15) is 5.10 Å². The fourth-order valence-electron chi connectivity index (χ4n) is 2.90. The first-order chi connectivity index (χ1) is 10.1. The van der Waals surface area contributed by atoms with Crippen LogP contribution in [0.1, 0.15) is 61.4 Å². The average Bonchev–Trinajstić information content (AvgIpc) is 2.83. The van der Waals surface area contributed by atoms with Gasteiger partial charge in [-0.3, -0.25) is 4.68 Å². The van der Waals surface area contributed by atoms with Crippen LogP contribution in [-0.2, 0) is 19.4 Å². The van der Waals surface area contributed by atoms with Crippen molar-refractivity contribution in [3.63, 3.8) is 0 Å². The van der Waals surface area contributed by atoms with E-state index in [0.29, 0.717) is 0 Å². The van der Waals surface area contributed by atoms with Crippen LogP contribution in [0.5, 0.6) is 0 Å². The van der Waals surface area contributed by atoms with Crippen LogP contribution >= 0.6 is 0 Å². The number of rotatable bonds is 6. The van der Waals surface area contributed by atoms with E-state index in [1.54, 1.807) is 0 Å². The number of aliphatic hydroxyl groups excluding tert-OH is 1. The van der Waals surface area contributed by atoms with Gasteiger partial charge in [0.05, 0.1) is 18.3 Å². The van der Waals surface area contributed by atoms with Crippen LogP contribution in [0.15, 0.2) is 24.3 Å². The van der Waals surface area contributed by atoms with Crippen molar-refractivity contribution in [1.82, 2.24) is 9.78 Å². The normalized spacial score (nSPS) is 12.6. The Morgan fingerprint density at radius 3 is 2.52 bits per heavy atom. The van der Waals surface area contributed by atoms with E-state index in [-0.39, 0.29) is 0 Å². The molecule has 1 atom stereocenters. The highest BCUT2D eigenvalue weighted by Crippen LogP contribution is 2.26. The zero-order chi connectivity index (χ0) is 15.4. The molecular weight excluding hydrogens is 260 g/mol. The Morgan fingerprint density at radius 1 is 1.19 bits per heavy atom. The molecule has 0 amide bonds. The van der Waals surface area contributed by atoms with Crippen LogP contribution in [0.4, 0.5) is 0 Å². The Labute approximate surface area is 127 Å². The van der Waals surface area contributed by atoms with Crippen molar-refractivity contribution in [3.05, 3.63) is 52.3 Å². The van der Waals surface area contributed by atoms with Gasteiger partial charge in [0.25, 0.3) is 0 Å². The zero-order valence-corrected chi connectivity index (χ0v) is 13.6. The summed E-state index contributed by atoms with van der Waals surface area (Å²) in [6, 6.07) is 8.53. The van der Waals surface area contributed by atoms with E-state index in [4.69, 9.17) is 5.10 Å². The molecule has 114 valence electrons. The highest BCUT2D eigenvalue weighted by atomic mass is 16.3. The van der Waals surface area contributed by atoms with Crippen molar-refractivity contribution < 1.29 is 5.11 Å². The van der Waals surface area contributed by atoms with E-state index >= 15 is 0 Å². The Kier molecular flexibility index (Phi) is 5.18. The minimum absolute atomic E-state index is 0.402. The van der Waals surface area contributed by atoms with E-state index in [0.717, 1.165) is 37.1 Å². The summed E-state index contributed by atoms with van der Waals surface area (Å²) in [5, 5.41) is 15.1. The summed E-state index contributed by atoms with van der Waals surface area (Å²) in [5.41, 5.74) is 5.78. The van der Waals surface area contributed by atoms with Gasteiger partial charge < -0.3 is 5.11 Å². The summed E-state index contributed by atoms with van der Waals surface area (Å²) in [5.74, 6) is 0. The van der Waals surface area contributed by atoms with E-state index in [1.807, 2.05) is 6.92 Å². The Balaban J connectivity index is 2.41. The molecule has 1 heterocycles. The molecule has 1 unspecified atom stereocenters. The van der Waals surface area contributed by atoms with E-state index in [9.17, 15) is 5.11 Å². The first kappa shape index (κ1) is 15.8. The summed E-state index contributed by atoms with van der Waals surface area (Å²) in [4.78, 5) is 0. The molecule has 0 saturated heterocycles. The standard InChI is InChI=1S/C18H26N2O/c1-5-15-18(17(21)7-3)16(6-2)20(19-15)12-14-10-8-9-13(4)11-14/h8-11,17,21H,5-7,12H2,1-4H3. The van der Waals surface area contributed by atoms with Gasteiger partial charge >= 0.3 is 0 Å². The summed E-state index contributed by atoms with van der Waals surface area (Å²) in [6.07, 6.45) is 2.09. The largest absolute Gasteiger partial charge is 0.388 e. The van der Waals surface area contributed by atoms with Crippen LogP contribution in [-0.4, -0.2) is 14.9 Å². The van der Waals surface area contributed by atoms with Crippen LogP contribution in [0, 0.1) is 6.92 Å². The number of nitrogens with zero attached hydrogens (tertiary/aromatic N) is 2. The van der Waals surface area contributed by atoms with Gasteiger partial charge in [-0.1, -0.05) is 50.6 Å². The maximum atomic E-state index is 10.3. The molecule has 0 aliphatic carbocycles. The molecule has 1 N–H and O–H groups in total. The van der Waals surface area contributed by atoms with Gasteiger partial charge in [0.1, 0.15) is 0 Å². The molecule has 0 radical (unpaired) electrons. The molecule has 21 heavy (non-hydrogen) atoms. The smallest absolute Gasteiger partial charge is 0.0823 e. The lowest BCUT2D eigenvalue weighted by atomic mass is 10.0. The maximum absolute atomic E-state index is 10.3. The molecule has 2 aromatic rings. The fraction of sp³-hybridized carbons (Fsp3) is 0.500. The predicted octanol–water partition coefficient (Wildman–Crippen LogP) is 3.81. The Bertz CT molecular complexity index is 601. The third-order valence-electron chi connectivity index (χ3n) is 3.98. The fourth-order valence-corrected chi connectivity index (χ4v) is 2.90. The van der Waals surface area contributed by atoms with E-state index < -0.39 is 6.10 Å². The molecule has 1 aromatic carbocycles. The number of aromatic nitrogens is 2. The SMILES string of the molecule is CCc1nn(Cc2cccc(C)c2)c(CC)c1C(O)CC. The molecule has 0 bridgehead atoms. The maximum Gasteiger partial charge on any atom is 0.0823 e. The first-order valence-electron chi connectivity index (χ1n) is 7.92. The van der Waals surface area contributed by atoms with Crippen molar-refractivity contribution in [3.8, 4) is 0 Å². The van der Waals surface area contributed by atoms with Crippen molar-refractivity contribution in [2.45, 2.75) is 59.6 Å². The van der Waals surface area contributed by atoms with Crippen LogP contribution in [0.2, 0.25) is 0 Å². The van der Waals surface area contributed by atoms with Gasteiger partial charge in [0, 0.05) is 11.3 Å². The summed E-state index contributed by atoms with van der Waals surface area (Å²) >= 11 is 0. The summed E-state index contributed by atoms with van der Waals surface area (Å²) in [6.45, 7) is 9.13. The minimum Gasteiger partial charge on any atom is -0.388 e. The lowest BCUT2D eigenvalue weighted by molar-refractivity contribution is 0.171. The van der Waals surface area contributed by atoms with E-state index in [2.05, 4.69) is 49.7 Å². The third kappa shape index (κ3) is 3.35. The quantitative estimate of drug-likeness (QED) is 0.877. The topological polar surface area (TPSA) is 38.0 Å². The number of benzene rings is 1. The third-order valence-corrected chi connectivity index (χ3v) is 3.98. The number of hydrogen-bond acceptors (Lipinski definition) is 2. The molecule has 0 saturated carbocycles. The zero-order valence-electron chi connectivity index (χ0n) is 13.6. The summed E-state index contributed by atoms with van der Waals surface area (Å²) in [7, 11) is 0. The molecule has 0 spiro atoms. The van der Waals surface area contributed by atoms with Gasteiger partial charge in [-0.15, -0.1) is 0 Å². The van der Waals surface area contributed by atoms with Crippen molar-refractivity contribution >= 4 is 0 Å². The van der Waals surface area contributed by atoms with Crippen LogP contribution in [0.25, 0.3) is 0 Å². The second-order valence-corrected chi connectivity index (χ2v) is 5.58. The van der Waals surface area contributed by atoms with Gasteiger partial charge in [-0.25, -0.2) is 0 Å². The van der Waals surface area contributed by atoms with Gasteiger partial charge in [-0.05, 0) is 31.7 Å². The number of aliphatic hydroxyl groups is 1. The molecule has 3 nitrogen and oxygen atoms in total. The van der Waals surface area contributed by atoms with Crippen molar-refractivity contribution in [2.75, 3.05) is 0 Å². The highest BCUT2D eigenvalue weighted by molar-refractivity contribution is 5.30. The Hall–Kier alpha value is -1.61. The average molecular weight is 286 g/mol. The first-order valence-corrected chi connectivity index (χ1v) is 7.92. The molecule has 2 rings (SSSR count). The van der Waals surface area contributed by atoms with Crippen molar-refractivity contribution in [2.24, 2.45) is 0 Å². The molecule has 1 aromatic heterocycles. The minimum atomic E-state index is -0.402. The molecule has 0 aliphatic rings. The van der Waals surface area contributed by atoms with Crippen LogP contribution < -0.4 is 0 Å². The monoisotopic (exact) mass is 286 g/mol. The predicted molar refractivity (Wildman–Crippen MR) is 86.5 cm³/mol. The van der Waals surface area contributed by atoms with E-state index in [1.165, 1.54) is 16.8 Å². The molecule has 0 fully saturated rings. The summed E-state index contributed by atoms with van der Waals surface area (Å²) < 4.78 is 2.07. The van der Waals surface area contributed by atoms with Crippen LogP contribution in [0.3, 0.4) is 0 Å². The lowest BCUT2D eigenvalue weighted by Gasteiger charge is -2.12. The molecular formula is C18H26N2O. The number of hydrogen-bond donors (Lipinski definition) is 1. The van der Waals surface area contributed by atoms with Crippen molar-refractivity contribution in [1.29, 1.82) is 0 Å². The highest BCUT2D eigenvalue weighted by Gasteiger charge is 2.20. The number of aryl methyl sites for hydroxylation is 2. The second-order valence-electron chi connectivity index (χ2n) is 5.58. The van der Waals surface area contributed by atoms with Gasteiger partial charge in [0.15, 0.2) is 0 Å². The second kappa shape index (κ2) is 6.90. The Morgan fingerprint density at radius 2 is 1.95 bits per heavy atom. The lowest BCUT2D eigenvalue weighted by Crippen LogP contribution is -2.08. The molecule has 3 heteroatoms.